The summed E-state index contributed by atoms with van der Waals surface area (Å²) in [6, 6.07) is 0. The Morgan fingerprint density at radius 1 is 1.40 bits per heavy atom. The number of nitrogens with zero attached hydrogens (tertiary/aromatic N) is 1. The van der Waals surface area contributed by atoms with Crippen LogP contribution < -0.4 is 5.32 Å². The first kappa shape index (κ1) is 14.4. The Kier molecular flexibility index (Phi) is 9.52. The van der Waals surface area contributed by atoms with E-state index in [1.165, 1.54) is 12.8 Å². The number of hydrogen-bond donors (Lipinski definition) is 1. The van der Waals surface area contributed by atoms with Crippen LogP contribution in [0.3, 0.4) is 0 Å². The number of carbonyl (C=O) groups is 1. The molecule has 0 rings (SSSR count). The molecule has 0 atom stereocenters. The standard InChI is InChI=1S/C11H24N2O2/c1-4-5-6-8-13(2)11(14)10-12-7-9-15-3/h12H,4-10H2,1-3H3. The number of amides is 1. The van der Waals surface area contributed by atoms with E-state index >= 15 is 0 Å². The van der Waals surface area contributed by atoms with E-state index in [4.69, 9.17) is 4.74 Å². The molecule has 4 heteroatoms. The molecule has 0 aromatic carbocycles. The summed E-state index contributed by atoms with van der Waals surface area (Å²) in [5.41, 5.74) is 0. The molecule has 0 radical (unpaired) electrons. The van der Waals surface area contributed by atoms with Crippen LogP contribution in [0.15, 0.2) is 0 Å². The third-order valence-electron chi connectivity index (χ3n) is 2.28. The van der Waals surface area contributed by atoms with E-state index in [0.717, 1.165) is 19.5 Å². The van der Waals surface area contributed by atoms with Crippen molar-refractivity contribution in [3.8, 4) is 0 Å². The fraction of sp³-hybridized carbons (Fsp3) is 0.909. The predicted molar refractivity (Wildman–Crippen MR) is 61.9 cm³/mol. The minimum atomic E-state index is 0.155. The van der Waals surface area contributed by atoms with Gasteiger partial charge in [-0.05, 0) is 6.42 Å². The van der Waals surface area contributed by atoms with Gasteiger partial charge >= 0.3 is 0 Å². The summed E-state index contributed by atoms with van der Waals surface area (Å²) in [5.74, 6) is 0.155. The lowest BCUT2D eigenvalue weighted by atomic mass is 10.2. The van der Waals surface area contributed by atoms with Gasteiger partial charge in [-0.25, -0.2) is 0 Å². The first-order valence-corrected chi connectivity index (χ1v) is 5.66. The van der Waals surface area contributed by atoms with Crippen molar-refractivity contribution in [1.29, 1.82) is 0 Å². The van der Waals surface area contributed by atoms with Crippen LogP contribution in [0.5, 0.6) is 0 Å². The molecule has 4 nitrogen and oxygen atoms in total. The highest BCUT2D eigenvalue weighted by Crippen LogP contribution is 1.96. The summed E-state index contributed by atoms with van der Waals surface area (Å²) < 4.78 is 4.88. The zero-order valence-electron chi connectivity index (χ0n) is 10.2. The highest BCUT2D eigenvalue weighted by Gasteiger charge is 2.06. The topological polar surface area (TPSA) is 41.6 Å². The molecule has 15 heavy (non-hydrogen) atoms. The van der Waals surface area contributed by atoms with Crippen LogP contribution in [0.4, 0.5) is 0 Å². The molecule has 0 saturated heterocycles. The summed E-state index contributed by atoms with van der Waals surface area (Å²) in [6.45, 7) is 4.80. The van der Waals surface area contributed by atoms with Gasteiger partial charge < -0.3 is 15.0 Å². The molecule has 0 spiro atoms. The largest absolute Gasteiger partial charge is 0.383 e. The normalized spacial score (nSPS) is 10.3. The number of carbonyl (C=O) groups excluding carboxylic acids is 1. The summed E-state index contributed by atoms with van der Waals surface area (Å²) in [5, 5.41) is 3.04. The van der Waals surface area contributed by atoms with Gasteiger partial charge in [0.1, 0.15) is 0 Å². The van der Waals surface area contributed by atoms with Crippen LogP contribution in [0.2, 0.25) is 0 Å². The van der Waals surface area contributed by atoms with Crippen LogP contribution in [0.25, 0.3) is 0 Å². The van der Waals surface area contributed by atoms with E-state index in [1.807, 2.05) is 7.05 Å². The lowest BCUT2D eigenvalue weighted by molar-refractivity contribution is -0.129. The van der Waals surface area contributed by atoms with Crippen molar-refractivity contribution >= 4 is 5.91 Å². The summed E-state index contributed by atoms with van der Waals surface area (Å²) in [6.07, 6.45) is 3.47. The molecule has 0 aliphatic rings. The molecule has 0 fully saturated rings. The maximum atomic E-state index is 11.5. The van der Waals surface area contributed by atoms with E-state index in [2.05, 4.69) is 12.2 Å². The van der Waals surface area contributed by atoms with Crippen molar-refractivity contribution in [3.63, 3.8) is 0 Å². The number of ether oxygens (including phenoxy) is 1. The second-order valence-electron chi connectivity index (χ2n) is 3.69. The fourth-order valence-corrected chi connectivity index (χ4v) is 1.23. The second-order valence-corrected chi connectivity index (χ2v) is 3.69. The van der Waals surface area contributed by atoms with E-state index < -0.39 is 0 Å². The van der Waals surface area contributed by atoms with Gasteiger partial charge in [0, 0.05) is 27.2 Å². The molecule has 90 valence electrons. The Hall–Kier alpha value is -0.610. The van der Waals surface area contributed by atoms with Crippen molar-refractivity contribution in [1.82, 2.24) is 10.2 Å². The molecular formula is C11H24N2O2. The number of unbranched alkanes of at least 4 members (excludes halogenated alkanes) is 2. The van der Waals surface area contributed by atoms with Gasteiger partial charge in [0.15, 0.2) is 0 Å². The minimum absolute atomic E-state index is 0.155. The zero-order chi connectivity index (χ0) is 11.5. The Bertz CT molecular complexity index is 163. The molecule has 0 aromatic heterocycles. The molecular weight excluding hydrogens is 192 g/mol. The predicted octanol–water partition coefficient (Wildman–Crippen LogP) is 0.871. The Labute approximate surface area is 93.0 Å². The first-order chi connectivity index (χ1) is 7.22. The smallest absolute Gasteiger partial charge is 0.236 e. The van der Waals surface area contributed by atoms with Crippen LogP contribution in [-0.2, 0) is 9.53 Å². The Morgan fingerprint density at radius 3 is 2.73 bits per heavy atom. The van der Waals surface area contributed by atoms with Crippen molar-refractivity contribution in [2.75, 3.05) is 40.4 Å². The highest BCUT2D eigenvalue weighted by molar-refractivity contribution is 5.77. The van der Waals surface area contributed by atoms with Crippen LogP contribution in [0, 0.1) is 0 Å². The lowest BCUT2D eigenvalue weighted by Crippen LogP contribution is -2.37. The van der Waals surface area contributed by atoms with Gasteiger partial charge in [-0.2, -0.15) is 0 Å². The Morgan fingerprint density at radius 2 is 2.13 bits per heavy atom. The SMILES string of the molecule is CCCCCN(C)C(=O)CNCCOC. The number of hydrogen-bond acceptors (Lipinski definition) is 3. The van der Waals surface area contributed by atoms with Crippen LogP contribution >= 0.6 is 0 Å². The second kappa shape index (κ2) is 9.93. The van der Waals surface area contributed by atoms with E-state index in [-0.39, 0.29) is 5.91 Å². The number of likely N-dealkylation sites (N-methyl/N-ethyl adjacent to an activating group) is 1. The molecule has 0 aliphatic carbocycles. The average Bonchev–Trinajstić information content (AvgIpc) is 2.24. The first-order valence-electron chi connectivity index (χ1n) is 5.66. The third-order valence-corrected chi connectivity index (χ3v) is 2.28. The number of rotatable bonds is 9. The molecule has 0 aromatic rings. The van der Waals surface area contributed by atoms with Gasteiger partial charge in [0.05, 0.1) is 13.2 Å². The lowest BCUT2D eigenvalue weighted by Gasteiger charge is -2.17. The number of nitrogens with one attached hydrogen (secondary N) is 1. The minimum Gasteiger partial charge on any atom is -0.383 e. The third kappa shape index (κ3) is 8.39. The maximum absolute atomic E-state index is 11.5. The molecule has 0 heterocycles. The van der Waals surface area contributed by atoms with Gasteiger partial charge in [-0.3, -0.25) is 4.79 Å². The number of methoxy groups -OCH3 is 1. The van der Waals surface area contributed by atoms with Crippen molar-refractivity contribution in [2.24, 2.45) is 0 Å². The monoisotopic (exact) mass is 216 g/mol. The molecule has 0 saturated carbocycles. The maximum Gasteiger partial charge on any atom is 0.236 e. The molecule has 0 bridgehead atoms. The van der Waals surface area contributed by atoms with Crippen molar-refractivity contribution in [2.45, 2.75) is 26.2 Å². The highest BCUT2D eigenvalue weighted by atomic mass is 16.5. The van der Waals surface area contributed by atoms with Gasteiger partial charge in [0.2, 0.25) is 5.91 Å². The molecule has 1 N–H and O–H groups in total. The van der Waals surface area contributed by atoms with Crippen molar-refractivity contribution in [3.05, 3.63) is 0 Å². The quantitative estimate of drug-likeness (QED) is 0.582. The van der Waals surface area contributed by atoms with Crippen LogP contribution in [0.1, 0.15) is 26.2 Å². The average molecular weight is 216 g/mol. The van der Waals surface area contributed by atoms with E-state index in [9.17, 15) is 4.79 Å². The summed E-state index contributed by atoms with van der Waals surface area (Å²) in [7, 11) is 3.51. The zero-order valence-corrected chi connectivity index (χ0v) is 10.2. The van der Waals surface area contributed by atoms with E-state index in [1.54, 1.807) is 12.0 Å². The van der Waals surface area contributed by atoms with Gasteiger partial charge in [-0.1, -0.05) is 19.8 Å². The summed E-state index contributed by atoms with van der Waals surface area (Å²) >= 11 is 0. The summed E-state index contributed by atoms with van der Waals surface area (Å²) in [4.78, 5) is 13.3. The van der Waals surface area contributed by atoms with E-state index in [0.29, 0.717) is 13.2 Å². The molecule has 0 unspecified atom stereocenters. The van der Waals surface area contributed by atoms with Gasteiger partial charge in [-0.15, -0.1) is 0 Å². The van der Waals surface area contributed by atoms with Gasteiger partial charge in [0.25, 0.3) is 0 Å². The fourth-order valence-electron chi connectivity index (χ4n) is 1.23. The van der Waals surface area contributed by atoms with Crippen LogP contribution in [-0.4, -0.2) is 51.2 Å². The molecule has 1 amide bonds. The van der Waals surface area contributed by atoms with Crippen molar-refractivity contribution < 1.29 is 9.53 Å². The molecule has 0 aliphatic heterocycles. The Balaban J connectivity index is 3.42.